The molecule has 0 saturated heterocycles. The van der Waals surface area contributed by atoms with Crippen molar-refractivity contribution in [2.24, 2.45) is 0 Å². The number of thiazole rings is 1. The van der Waals surface area contributed by atoms with Crippen LogP contribution in [0.4, 0.5) is 0 Å². The third-order valence-electron chi connectivity index (χ3n) is 3.53. The number of rotatable bonds is 4. The van der Waals surface area contributed by atoms with Crippen molar-refractivity contribution in [1.29, 1.82) is 0 Å². The molecule has 3 aromatic rings. The SMILES string of the molecule is C=Cc1sc2c(C(=O)OCC)c(=O)c3cnc(Cl)nc3n2c1/C=C\C. The number of allylic oxidation sites excluding steroid dienone is 1. The molecule has 6 nitrogen and oxygen atoms in total. The van der Waals surface area contributed by atoms with Crippen molar-refractivity contribution in [2.75, 3.05) is 6.61 Å². The summed E-state index contributed by atoms with van der Waals surface area (Å²) in [6.45, 7) is 7.53. The molecule has 0 saturated carbocycles. The Bertz CT molecular complexity index is 1100. The number of nitrogens with zero attached hydrogens (tertiary/aromatic N) is 3. The zero-order valence-electron chi connectivity index (χ0n) is 13.6. The number of fused-ring (bicyclic) bond motifs is 3. The fourth-order valence-electron chi connectivity index (χ4n) is 2.55. The summed E-state index contributed by atoms with van der Waals surface area (Å²) in [6, 6.07) is 0. The zero-order valence-corrected chi connectivity index (χ0v) is 15.1. The van der Waals surface area contributed by atoms with Gasteiger partial charge in [-0.25, -0.2) is 9.78 Å². The molecule has 0 aromatic carbocycles. The molecular weight excluding hydrogens is 362 g/mol. The molecule has 0 N–H and O–H groups in total. The minimum Gasteiger partial charge on any atom is -0.462 e. The lowest BCUT2D eigenvalue weighted by atomic mass is 10.2. The van der Waals surface area contributed by atoms with Gasteiger partial charge in [-0.3, -0.25) is 9.20 Å². The van der Waals surface area contributed by atoms with E-state index >= 15 is 0 Å². The smallest absolute Gasteiger partial charge is 0.345 e. The van der Waals surface area contributed by atoms with Crippen molar-refractivity contribution in [3.8, 4) is 0 Å². The van der Waals surface area contributed by atoms with Gasteiger partial charge in [0.05, 0.1) is 22.6 Å². The Morgan fingerprint density at radius 1 is 1.52 bits per heavy atom. The standard InChI is InChI=1S/C17H14ClN3O3S/c1-4-7-10-11(5-2)25-15-12(16(23)24-6-3)13(22)9-8-19-17(18)20-14(9)21(10)15/h4-5,7-8H,2,6H2,1,3H3/b7-4-. The Morgan fingerprint density at radius 2 is 2.28 bits per heavy atom. The third-order valence-corrected chi connectivity index (χ3v) is 4.89. The average Bonchev–Trinajstić information content (AvgIpc) is 2.94. The first-order valence-electron chi connectivity index (χ1n) is 7.49. The monoisotopic (exact) mass is 375 g/mol. The fraction of sp³-hybridized carbons (Fsp3) is 0.176. The maximum atomic E-state index is 12.9. The Balaban J connectivity index is 2.61. The molecule has 0 aliphatic rings. The number of hydrogen-bond donors (Lipinski definition) is 0. The van der Waals surface area contributed by atoms with Gasteiger partial charge in [0.2, 0.25) is 10.7 Å². The summed E-state index contributed by atoms with van der Waals surface area (Å²) in [5, 5.41) is 0.214. The summed E-state index contributed by atoms with van der Waals surface area (Å²) in [7, 11) is 0. The molecule has 0 unspecified atom stereocenters. The Hall–Kier alpha value is -2.51. The molecular formula is C17H14ClN3O3S. The van der Waals surface area contributed by atoms with Crippen molar-refractivity contribution in [1.82, 2.24) is 14.4 Å². The van der Waals surface area contributed by atoms with Crippen molar-refractivity contribution >= 4 is 56.9 Å². The number of hydrogen-bond acceptors (Lipinski definition) is 6. The molecule has 8 heteroatoms. The molecule has 0 radical (unpaired) electrons. The van der Waals surface area contributed by atoms with Crippen LogP contribution < -0.4 is 5.43 Å². The topological polar surface area (TPSA) is 73.6 Å². The van der Waals surface area contributed by atoms with Gasteiger partial charge in [-0.2, -0.15) is 4.98 Å². The minimum atomic E-state index is -0.675. The number of pyridine rings is 1. The second-order valence-corrected chi connectivity index (χ2v) is 6.37. The summed E-state index contributed by atoms with van der Waals surface area (Å²) in [5.74, 6) is -0.675. The first-order valence-corrected chi connectivity index (χ1v) is 8.68. The van der Waals surface area contributed by atoms with E-state index in [1.165, 1.54) is 17.5 Å². The summed E-state index contributed by atoms with van der Waals surface area (Å²) in [6.07, 6.45) is 6.70. The van der Waals surface area contributed by atoms with Gasteiger partial charge in [-0.05, 0) is 37.6 Å². The van der Waals surface area contributed by atoms with E-state index in [0.717, 1.165) is 10.6 Å². The van der Waals surface area contributed by atoms with Gasteiger partial charge >= 0.3 is 5.97 Å². The number of carbonyl (C=O) groups excluding carboxylic acids is 1. The normalized spacial score (nSPS) is 11.5. The zero-order chi connectivity index (χ0) is 18.1. The molecule has 3 heterocycles. The molecule has 0 aliphatic heterocycles. The molecule has 25 heavy (non-hydrogen) atoms. The Labute approximate surface area is 152 Å². The molecule has 0 fully saturated rings. The van der Waals surface area contributed by atoms with Crippen LogP contribution in [0.2, 0.25) is 5.28 Å². The quantitative estimate of drug-likeness (QED) is 0.512. The highest BCUT2D eigenvalue weighted by molar-refractivity contribution is 7.18. The van der Waals surface area contributed by atoms with Gasteiger partial charge in [-0.1, -0.05) is 12.7 Å². The van der Waals surface area contributed by atoms with Crippen molar-refractivity contribution in [2.45, 2.75) is 13.8 Å². The maximum Gasteiger partial charge on any atom is 0.345 e. The molecule has 0 bridgehead atoms. The summed E-state index contributed by atoms with van der Waals surface area (Å²) >= 11 is 7.20. The van der Waals surface area contributed by atoms with E-state index in [-0.39, 0.29) is 22.8 Å². The Morgan fingerprint density at radius 3 is 2.92 bits per heavy atom. The summed E-state index contributed by atoms with van der Waals surface area (Å²) in [4.78, 5) is 34.6. The molecule has 128 valence electrons. The van der Waals surface area contributed by atoms with E-state index in [2.05, 4.69) is 16.5 Å². The lowest BCUT2D eigenvalue weighted by Crippen LogP contribution is -2.20. The predicted molar refractivity (Wildman–Crippen MR) is 100 cm³/mol. The van der Waals surface area contributed by atoms with Crippen LogP contribution in [-0.4, -0.2) is 26.9 Å². The van der Waals surface area contributed by atoms with E-state index < -0.39 is 11.4 Å². The van der Waals surface area contributed by atoms with Crippen LogP contribution in [0.15, 0.2) is 23.6 Å². The molecule has 0 aliphatic carbocycles. The van der Waals surface area contributed by atoms with Crippen LogP contribution in [0.5, 0.6) is 0 Å². The molecule has 0 amide bonds. The van der Waals surface area contributed by atoms with Gasteiger partial charge in [0.25, 0.3) is 0 Å². The van der Waals surface area contributed by atoms with Crippen LogP contribution in [0.25, 0.3) is 28.0 Å². The highest BCUT2D eigenvalue weighted by Crippen LogP contribution is 2.30. The highest BCUT2D eigenvalue weighted by atomic mass is 35.5. The highest BCUT2D eigenvalue weighted by Gasteiger charge is 2.24. The van der Waals surface area contributed by atoms with Crippen molar-refractivity contribution in [3.05, 3.63) is 50.5 Å². The van der Waals surface area contributed by atoms with Crippen molar-refractivity contribution < 1.29 is 9.53 Å². The van der Waals surface area contributed by atoms with E-state index in [0.29, 0.717) is 10.5 Å². The number of ether oxygens (including phenoxy) is 1. The maximum absolute atomic E-state index is 12.9. The summed E-state index contributed by atoms with van der Waals surface area (Å²) in [5.41, 5.74) is 0.575. The molecule has 3 rings (SSSR count). The van der Waals surface area contributed by atoms with Crippen LogP contribution in [0.3, 0.4) is 0 Å². The van der Waals surface area contributed by atoms with Gasteiger partial charge in [0.15, 0.2) is 5.65 Å². The van der Waals surface area contributed by atoms with E-state index in [1.54, 1.807) is 17.4 Å². The van der Waals surface area contributed by atoms with Crippen LogP contribution in [0, 0.1) is 0 Å². The second-order valence-electron chi connectivity index (χ2n) is 5.00. The number of carbonyl (C=O) groups is 1. The van der Waals surface area contributed by atoms with Gasteiger partial charge in [-0.15, -0.1) is 11.3 Å². The van der Waals surface area contributed by atoms with Gasteiger partial charge in [0.1, 0.15) is 10.4 Å². The largest absolute Gasteiger partial charge is 0.462 e. The number of aromatic nitrogens is 3. The van der Waals surface area contributed by atoms with E-state index in [4.69, 9.17) is 16.3 Å². The average molecular weight is 376 g/mol. The number of esters is 1. The number of halogens is 1. The van der Waals surface area contributed by atoms with Gasteiger partial charge < -0.3 is 4.74 Å². The first kappa shape index (κ1) is 17.3. The third kappa shape index (κ3) is 2.75. The van der Waals surface area contributed by atoms with Crippen molar-refractivity contribution in [3.63, 3.8) is 0 Å². The lowest BCUT2D eigenvalue weighted by molar-refractivity contribution is 0.0527. The Kier molecular flexibility index (Phi) is 4.69. The van der Waals surface area contributed by atoms with Crippen LogP contribution in [-0.2, 0) is 4.74 Å². The van der Waals surface area contributed by atoms with E-state index in [1.807, 2.05) is 19.1 Å². The minimum absolute atomic E-state index is 0.0161. The summed E-state index contributed by atoms with van der Waals surface area (Å²) < 4.78 is 6.80. The first-order chi connectivity index (χ1) is 12.0. The molecule has 0 spiro atoms. The fourth-order valence-corrected chi connectivity index (χ4v) is 3.79. The van der Waals surface area contributed by atoms with Gasteiger partial charge in [0, 0.05) is 6.20 Å². The second kappa shape index (κ2) is 6.78. The van der Waals surface area contributed by atoms with E-state index in [9.17, 15) is 9.59 Å². The molecule has 0 atom stereocenters. The van der Waals surface area contributed by atoms with Crippen LogP contribution in [0.1, 0.15) is 34.8 Å². The predicted octanol–water partition coefficient (Wildman–Crippen LogP) is 3.81. The lowest BCUT2D eigenvalue weighted by Gasteiger charge is -2.08. The van der Waals surface area contributed by atoms with Crippen LogP contribution >= 0.6 is 22.9 Å². The molecule has 3 aromatic heterocycles.